The van der Waals surface area contributed by atoms with Crippen molar-refractivity contribution in [2.45, 2.75) is 246 Å². The lowest BCUT2D eigenvalue weighted by Gasteiger charge is -2.15. The first-order chi connectivity index (χ1) is 23.8. The number of unbranched alkanes of at least 4 members (excludes halogenated alkanes) is 27. The summed E-state index contributed by atoms with van der Waals surface area (Å²) in [6, 6.07) is 0. The molecule has 1 atom stereocenters. The first-order valence-electron chi connectivity index (χ1n) is 21.8. The number of hydrogen-bond donors (Lipinski definition) is 1. The van der Waals surface area contributed by atoms with Crippen LogP contribution in [0.15, 0.2) is 0 Å². The summed E-state index contributed by atoms with van der Waals surface area (Å²) in [5, 5.41) is 9.58. The molecule has 0 aromatic carbocycles. The van der Waals surface area contributed by atoms with E-state index in [4.69, 9.17) is 9.47 Å². The van der Waals surface area contributed by atoms with Crippen LogP contribution in [0.2, 0.25) is 0 Å². The van der Waals surface area contributed by atoms with Crippen LogP contribution in [0, 0.1) is 11.8 Å². The first-order valence-corrected chi connectivity index (χ1v) is 21.8. The Bertz CT molecular complexity index is 691. The van der Waals surface area contributed by atoms with Crippen LogP contribution in [0.3, 0.4) is 0 Å². The fourth-order valence-corrected chi connectivity index (χ4v) is 6.69. The predicted molar refractivity (Wildman–Crippen MR) is 210 cm³/mol. The Labute approximate surface area is 306 Å². The lowest BCUT2D eigenvalue weighted by atomic mass is 10.0. The molecule has 5 heteroatoms. The largest absolute Gasteiger partial charge is 0.462 e. The van der Waals surface area contributed by atoms with Gasteiger partial charge in [-0.15, -0.1) is 0 Å². The molecule has 0 unspecified atom stereocenters. The first kappa shape index (κ1) is 47.9. The maximum Gasteiger partial charge on any atom is 0.306 e. The minimum absolute atomic E-state index is 0.0579. The molecular formula is C44H86O5. The average molecular weight is 695 g/mol. The van der Waals surface area contributed by atoms with E-state index in [1.165, 1.54) is 167 Å². The van der Waals surface area contributed by atoms with Gasteiger partial charge in [0.2, 0.25) is 0 Å². The molecule has 0 rings (SSSR count). The van der Waals surface area contributed by atoms with Gasteiger partial charge < -0.3 is 14.6 Å². The third-order valence-corrected chi connectivity index (χ3v) is 10.0. The summed E-state index contributed by atoms with van der Waals surface area (Å²) >= 11 is 0. The lowest BCUT2D eigenvalue weighted by Crippen LogP contribution is -2.28. The molecule has 292 valence electrons. The van der Waals surface area contributed by atoms with Gasteiger partial charge in [0.25, 0.3) is 0 Å². The molecular weight excluding hydrogens is 608 g/mol. The molecule has 0 aromatic rings. The highest BCUT2D eigenvalue weighted by Crippen LogP contribution is 2.17. The average Bonchev–Trinajstić information content (AvgIpc) is 3.07. The van der Waals surface area contributed by atoms with Crippen LogP contribution >= 0.6 is 0 Å². The third kappa shape index (κ3) is 39.5. The number of carbonyl (C=O) groups is 2. The van der Waals surface area contributed by atoms with Gasteiger partial charge in [0.15, 0.2) is 6.10 Å². The van der Waals surface area contributed by atoms with E-state index in [2.05, 4.69) is 27.7 Å². The summed E-state index contributed by atoms with van der Waals surface area (Å²) in [6.45, 7) is 8.89. The van der Waals surface area contributed by atoms with Crippen molar-refractivity contribution in [3.8, 4) is 0 Å². The van der Waals surface area contributed by atoms with Crippen LogP contribution in [0.5, 0.6) is 0 Å². The smallest absolute Gasteiger partial charge is 0.306 e. The minimum Gasteiger partial charge on any atom is -0.462 e. The molecule has 0 bridgehead atoms. The van der Waals surface area contributed by atoms with Crippen LogP contribution in [-0.2, 0) is 19.1 Å². The van der Waals surface area contributed by atoms with Gasteiger partial charge in [0.1, 0.15) is 6.61 Å². The number of esters is 2. The normalized spacial score (nSPS) is 12.2. The number of carbonyl (C=O) groups excluding carboxylic acids is 2. The van der Waals surface area contributed by atoms with Gasteiger partial charge in [-0.1, -0.05) is 214 Å². The fraction of sp³-hybridized carbons (Fsp3) is 0.955. The zero-order valence-electron chi connectivity index (χ0n) is 33.6. The number of ether oxygens (including phenoxy) is 2. The molecule has 0 aliphatic carbocycles. The second kappa shape index (κ2) is 38.1. The minimum atomic E-state index is -0.763. The molecule has 0 spiro atoms. The van der Waals surface area contributed by atoms with E-state index in [-0.39, 0.29) is 25.2 Å². The topological polar surface area (TPSA) is 72.8 Å². The highest BCUT2D eigenvalue weighted by molar-refractivity contribution is 5.70. The molecule has 0 fully saturated rings. The standard InChI is InChI=1S/C44H86O5/c1-40(2)34-30-26-22-18-14-10-6-5-7-13-17-21-25-29-33-37-44(47)49-42(38-45)39-48-43(46)36-32-28-24-20-16-12-9-8-11-15-19-23-27-31-35-41(3)4/h40-42,45H,5-39H2,1-4H3/t42-/m0/s1. The fourth-order valence-electron chi connectivity index (χ4n) is 6.69. The van der Waals surface area contributed by atoms with E-state index in [0.29, 0.717) is 12.8 Å². The predicted octanol–water partition coefficient (Wildman–Crippen LogP) is 13.6. The van der Waals surface area contributed by atoms with Gasteiger partial charge in [-0.25, -0.2) is 0 Å². The van der Waals surface area contributed by atoms with Crippen LogP contribution < -0.4 is 0 Å². The molecule has 5 nitrogen and oxygen atoms in total. The van der Waals surface area contributed by atoms with Crippen LogP contribution in [0.4, 0.5) is 0 Å². The number of aliphatic hydroxyl groups is 1. The Kier molecular flexibility index (Phi) is 37.3. The summed E-state index contributed by atoms with van der Waals surface area (Å²) < 4.78 is 10.6. The van der Waals surface area contributed by atoms with Gasteiger partial charge in [0, 0.05) is 12.8 Å². The van der Waals surface area contributed by atoms with E-state index < -0.39 is 6.10 Å². The third-order valence-electron chi connectivity index (χ3n) is 10.0. The number of hydrogen-bond acceptors (Lipinski definition) is 5. The van der Waals surface area contributed by atoms with Crippen LogP contribution in [-0.4, -0.2) is 36.4 Å². The summed E-state index contributed by atoms with van der Waals surface area (Å²) in [5.41, 5.74) is 0. The molecule has 0 amide bonds. The monoisotopic (exact) mass is 695 g/mol. The van der Waals surface area contributed by atoms with E-state index in [0.717, 1.165) is 43.9 Å². The van der Waals surface area contributed by atoms with Gasteiger partial charge in [0.05, 0.1) is 6.61 Å². The number of aliphatic hydroxyl groups excluding tert-OH is 1. The summed E-state index contributed by atoms with van der Waals surface area (Å²) in [6.07, 6.45) is 40.3. The molecule has 0 aliphatic heterocycles. The Morgan fingerprint density at radius 1 is 0.408 bits per heavy atom. The van der Waals surface area contributed by atoms with Crippen molar-refractivity contribution in [1.29, 1.82) is 0 Å². The number of rotatable bonds is 39. The van der Waals surface area contributed by atoms with Crippen LogP contribution in [0.1, 0.15) is 240 Å². The van der Waals surface area contributed by atoms with Crippen molar-refractivity contribution >= 4 is 11.9 Å². The highest BCUT2D eigenvalue weighted by atomic mass is 16.6. The summed E-state index contributed by atoms with van der Waals surface area (Å²) in [5.74, 6) is 1.13. The lowest BCUT2D eigenvalue weighted by molar-refractivity contribution is -0.161. The Balaban J connectivity index is 3.47. The SMILES string of the molecule is CC(C)CCCCCCCCCCCCCCCCCC(=O)O[C@@H](CO)COC(=O)CCCCCCCCCCCCCCCCC(C)C. The Morgan fingerprint density at radius 2 is 0.673 bits per heavy atom. The van der Waals surface area contributed by atoms with Gasteiger partial charge in [-0.2, -0.15) is 0 Å². The molecule has 1 N–H and O–H groups in total. The molecule has 0 saturated heterocycles. The van der Waals surface area contributed by atoms with Crippen molar-refractivity contribution in [2.24, 2.45) is 11.8 Å². The van der Waals surface area contributed by atoms with Crippen molar-refractivity contribution in [1.82, 2.24) is 0 Å². The maximum atomic E-state index is 12.2. The summed E-state index contributed by atoms with van der Waals surface area (Å²) in [7, 11) is 0. The molecule has 0 radical (unpaired) electrons. The second-order valence-electron chi connectivity index (χ2n) is 16.1. The second-order valence-corrected chi connectivity index (χ2v) is 16.1. The van der Waals surface area contributed by atoms with E-state index in [1.807, 2.05) is 0 Å². The van der Waals surface area contributed by atoms with Gasteiger partial charge in [-0.05, 0) is 24.7 Å². The molecule has 0 heterocycles. The highest BCUT2D eigenvalue weighted by Gasteiger charge is 2.16. The molecule has 49 heavy (non-hydrogen) atoms. The molecule has 0 saturated carbocycles. The Morgan fingerprint density at radius 3 is 0.959 bits per heavy atom. The van der Waals surface area contributed by atoms with E-state index >= 15 is 0 Å². The van der Waals surface area contributed by atoms with E-state index in [9.17, 15) is 14.7 Å². The maximum absolute atomic E-state index is 12.2. The van der Waals surface area contributed by atoms with Crippen molar-refractivity contribution < 1.29 is 24.2 Å². The molecule has 0 aliphatic rings. The van der Waals surface area contributed by atoms with Gasteiger partial charge in [-0.3, -0.25) is 9.59 Å². The van der Waals surface area contributed by atoms with E-state index in [1.54, 1.807) is 0 Å². The quantitative estimate of drug-likeness (QED) is 0.0512. The van der Waals surface area contributed by atoms with Crippen molar-refractivity contribution in [3.05, 3.63) is 0 Å². The van der Waals surface area contributed by atoms with Crippen molar-refractivity contribution in [3.63, 3.8) is 0 Å². The van der Waals surface area contributed by atoms with Crippen LogP contribution in [0.25, 0.3) is 0 Å². The van der Waals surface area contributed by atoms with Crippen molar-refractivity contribution in [2.75, 3.05) is 13.2 Å². The Hall–Kier alpha value is -1.10. The molecule has 0 aromatic heterocycles. The zero-order chi connectivity index (χ0) is 36.0. The zero-order valence-corrected chi connectivity index (χ0v) is 33.6. The van der Waals surface area contributed by atoms with Gasteiger partial charge >= 0.3 is 11.9 Å². The summed E-state index contributed by atoms with van der Waals surface area (Å²) in [4.78, 5) is 24.3.